The molecule has 0 aromatic heterocycles. The maximum Gasteiger partial charge on any atom is 0.123 e. The summed E-state index contributed by atoms with van der Waals surface area (Å²) in [7, 11) is 0. The molecule has 0 radical (unpaired) electrons. The summed E-state index contributed by atoms with van der Waals surface area (Å²) in [4.78, 5) is 2.42. The van der Waals surface area contributed by atoms with Crippen LogP contribution < -0.4 is 5.73 Å². The second-order valence-electron chi connectivity index (χ2n) is 5.98. The van der Waals surface area contributed by atoms with Gasteiger partial charge in [0.2, 0.25) is 0 Å². The molecule has 2 nitrogen and oxygen atoms in total. The van der Waals surface area contributed by atoms with Crippen LogP contribution in [0.25, 0.3) is 0 Å². The highest BCUT2D eigenvalue weighted by Crippen LogP contribution is 2.38. The molecular formula is C18H22ClFN2. The number of halogens is 2. The van der Waals surface area contributed by atoms with E-state index >= 15 is 0 Å². The van der Waals surface area contributed by atoms with Crippen LogP contribution in [-0.2, 0) is 6.54 Å². The molecular weight excluding hydrogens is 299 g/mol. The van der Waals surface area contributed by atoms with Crippen LogP contribution in [0.1, 0.15) is 30.5 Å². The molecule has 3 rings (SSSR count). The monoisotopic (exact) mass is 320 g/mol. The third-order valence-electron chi connectivity index (χ3n) is 4.33. The van der Waals surface area contributed by atoms with Crippen molar-refractivity contribution in [2.24, 2.45) is 5.92 Å². The van der Waals surface area contributed by atoms with E-state index in [-0.39, 0.29) is 24.3 Å². The van der Waals surface area contributed by atoms with Crippen LogP contribution in [0.2, 0.25) is 0 Å². The van der Waals surface area contributed by atoms with E-state index in [2.05, 4.69) is 17.9 Å². The van der Waals surface area contributed by atoms with Crippen LogP contribution >= 0.6 is 12.4 Å². The number of rotatable bonds is 3. The minimum absolute atomic E-state index is 0. The molecule has 1 aliphatic heterocycles. The number of benzene rings is 2. The fourth-order valence-electron chi connectivity index (χ4n) is 3.36. The SMILES string of the molecule is CC1CCN(Cc2cccc(N)c2)C1c1cccc(F)c1.Cl. The fraction of sp³-hybridized carbons (Fsp3) is 0.333. The lowest BCUT2D eigenvalue weighted by atomic mass is 9.95. The Balaban J connectivity index is 0.00000176. The molecule has 0 amide bonds. The lowest BCUT2D eigenvalue weighted by molar-refractivity contribution is 0.225. The topological polar surface area (TPSA) is 29.3 Å². The molecule has 0 aliphatic carbocycles. The standard InChI is InChI=1S/C18H21FN2.ClH/c1-13-8-9-21(12-14-4-2-7-17(20)10-14)18(13)15-5-3-6-16(19)11-15;/h2-7,10-11,13,18H,8-9,12,20H2,1H3;1H. The van der Waals surface area contributed by atoms with Crippen molar-refractivity contribution in [2.45, 2.75) is 25.9 Å². The van der Waals surface area contributed by atoms with E-state index < -0.39 is 0 Å². The van der Waals surface area contributed by atoms with Gasteiger partial charge >= 0.3 is 0 Å². The summed E-state index contributed by atoms with van der Waals surface area (Å²) in [5.74, 6) is 0.378. The van der Waals surface area contributed by atoms with Crippen molar-refractivity contribution >= 4 is 18.1 Å². The molecule has 2 unspecified atom stereocenters. The highest BCUT2D eigenvalue weighted by Gasteiger charge is 2.32. The van der Waals surface area contributed by atoms with E-state index in [9.17, 15) is 4.39 Å². The van der Waals surface area contributed by atoms with Crippen molar-refractivity contribution in [3.05, 3.63) is 65.5 Å². The summed E-state index contributed by atoms with van der Waals surface area (Å²) < 4.78 is 13.5. The first kappa shape index (κ1) is 16.8. The first-order valence-corrected chi connectivity index (χ1v) is 7.47. The van der Waals surface area contributed by atoms with Gasteiger partial charge in [0.15, 0.2) is 0 Å². The second-order valence-corrected chi connectivity index (χ2v) is 5.98. The Morgan fingerprint density at radius 3 is 2.68 bits per heavy atom. The van der Waals surface area contributed by atoms with Crippen molar-refractivity contribution in [1.29, 1.82) is 0 Å². The Hall–Kier alpha value is -1.58. The molecule has 2 atom stereocenters. The number of nitrogen functional groups attached to an aromatic ring is 1. The Kier molecular flexibility index (Phi) is 5.43. The first-order valence-electron chi connectivity index (χ1n) is 7.47. The van der Waals surface area contributed by atoms with E-state index in [1.807, 2.05) is 24.3 Å². The van der Waals surface area contributed by atoms with Gasteiger partial charge in [0.25, 0.3) is 0 Å². The second kappa shape index (κ2) is 7.12. The van der Waals surface area contributed by atoms with Gasteiger partial charge in [-0.2, -0.15) is 0 Å². The van der Waals surface area contributed by atoms with Gasteiger partial charge in [-0.1, -0.05) is 31.2 Å². The maximum atomic E-state index is 13.5. The largest absolute Gasteiger partial charge is 0.399 e. The molecule has 1 saturated heterocycles. The zero-order chi connectivity index (χ0) is 14.8. The predicted molar refractivity (Wildman–Crippen MR) is 91.4 cm³/mol. The predicted octanol–water partition coefficient (Wildman–Crippen LogP) is 4.41. The number of nitrogens with zero attached hydrogens (tertiary/aromatic N) is 1. The molecule has 0 saturated carbocycles. The Morgan fingerprint density at radius 1 is 1.18 bits per heavy atom. The number of nitrogens with two attached hydrogens (primary N) is 1. The lowest BCUT2D eigenvalue weighted by Crippen LogP contribution is -2.24. The van der Waals surface area contributed by atoms with Gasteiger partial charge in [0, 0.05) is 18.3 Å². The summed E-state index contributed by atoms with van der Waals surface area (Å²) in [6.45, 7) is 4.14. The molecule has 1 fully saturated rings. The summed E-state index contributed by atoms with van der Waals surface area (Å²) in [6.07, 6.45) is 1.14. The van der Waals surface area contributed by atoms with Gasteiger partial charge in [-0.25, -0.2) is 4.39 Å². The van der Waals surface area contributed by atoms with E-state index in [1.54, 1.807) is 12.1 Å². The average molecular weight is 321 g/mol. The third kappa shape index (κ3) is 3.60. The van der Waals surface area contributed by atoms with Crippen molar-refractivity contribution < 1.29 is 4.39 Å². The Morgan fingerprint density at radius 2 is 1.95 bits per heavy atom. The molecule has 0 bridgehead atoms. The molecule has 2 aromatic carbocycles. The summed E-state index contributed by atoms with van der Waals surface area (Å²) in [5.41, 5.74) is 8.94. The van der Waals surface area contributed by atoms with E-state index in [0.717, 1.165) is 30.8 Å². The molecule has 2 N–H and O–H groups in total. The Bertz CT molecular complexity index is 632. The molecule has 2 aromatic rings. The van der Waals surface area contributed by atoms with Gasteiger partial charge < -0.3 is 5.73 Å². The van der Waals surface area contributed by atoms with E-state index in [0.29, 0.717) is 5.92 Å². The smallest absolute Gasteiger partial charge is 0.123 e. The van der Waals surface area contributed by atoms with Crippen LogP contribution in [0.5, 0.6) is 0 Å². The Labute approximate surface area is 137 Å². The molecule has 1 aliphatic rings. The molecule has 0 spiro atoms. The highest BCUT2D eigenvalue weighted by atomic mass is 35.5. The van der Waals surface area contributed by atoms with Gasteiger partial charge in [-0.3, -0.25) is 4.90 Å². The summed E-state index contributed by atoms with van der Waals surface area (Å²) in [5, 5.41) is 0. The van der Waals surface area contributed by atoms with Gasteiger partial charge in [-0.15, -0.1) is 12.4 Å². The summed E-state index contributed by atoms with van der Waals surface area (Å²) >= 11 is 0. The normalized spacial score (nSPS) is 21.5. The van der Waals surface area contributed by atoms with Gasteiger partial charge in [0.05, 0.1) is 0 Å². The molecule has 1 heterocycles. The number of hydrogen-bond donors (Lipinski definition) is 1. The van der Waals surface area contributed by atoms with Crippen molar-refractivity contribution in [1.82, 2.24) is 4.90 Å². The number of anilines is 1. The van der Waals surface area contributed by atoms with Crippen molar-refractivity contribution in [3.8, 4) is 0 Å². The minimum atomic E-state index is -0.157. The molecule has 22 heavy (non-hydrogen) atoms. The minimum Gasteiger partial charge on any atom is -0.399 e. The maximum absolute atomic E-state index is 13.5. The van der Waals surface area contributed by atoms with Crippen LogP contribution in [0.15, 0.2) is 48.5 Å². The number of hydrogen-bond acceptors (Lipinski definition) is 2. The highest BCUT2D eigenvalue weighted by molar-refractivity contribution is 5.85. The summed E-state index contributed by atoms with van der Waals surface area (Å²) in [6, 6.07) is 15.3. The molecule has 118 valence electrons. The third-order valence-corrected chi connectivity index (χ3v) is 4.33. The first-order chi connectivity index (χ1) is 10.1. The lowest BCUT2D eigenvalue weighted by Gasteiger charge is -2.27. The van der Waals surface area contributed by atoms with Crippen molar-refractivity contribution in [3.63, 3.8) is 0 Å². The quantitative estimate of drug-likeness (QED) is 0.849. The van der Waals surface area contributed by atoms with E-state index in [1.165, 1.54) is 11.6 Å². The number of likely N-dealkylation sites (tertiary alicyclic amines) is 1. The zero-order valence-electron chi connectivity index (χ0n) is 12.7. The van der Waals surface area contributed by atoms with Crippen LogP contribution in [0.3, 0.4) is 0 Å². The average Bonchev–Trinajstić information content (AvgIpc) is 2.80. The van der Waals surface area contributed by atoms with Crippen LogP contribution in [-0.4, -0.2) is 11.4 Å². The van der Waals surface area contributed by atoms with E-state index in [4.69, 9.17) is 5.73 Å². The molecule has 4 heteroatoms. The zero-order valence-corrected chi connectivity index (χ0v) is 13.5. The van der Waals surface area contributed by atoms with Gasteiger partial charge in [-0.05, 0) is 54.3 Å². The van der Waals surface area contributed by atoms with Crippen LogP contribution in [0, 0.1) is 11.7 Å². The van der Waals surface area contributed by atoms with Crippen molar-refractivity contribution in [2.75, 3.05) is 12.3 Å². The van der Waals surface area contributed by atoms with Crippen LogP contribution in [0.4, 0.5) is 10.1 Å². The fourth-order valence-corrected chi connectivity index (χ4v) is 3.36. The van der Waals surface area contributed by atoms with Gasteiger partial charge in [0.1, 0.15) is 5.82 Å².